The van der Waals surface area contributed by atoms with Gasteiger partial charge in [-0.3, -0.25) is 4.79 Å². The van der Waals surface area contributed by atoms with Gasteiger partial charge in [0.2, 0.25) is 0 Å². The highest BCUT2D eigenvalue weighted by atomic mass is 16.5. The monoisotopic (exact) mass is 438 g/mol. The lowest BCUT2D eigenvalue weighted by molar-refractivity contribution is -0.145. The first-order chi connectivity index (χ1) is 15.1. The van der Waals surface area contributed by atoms with Gasteiger partial charge in [0.05, 0.1) is 6.61 Å². The smallest absolute Gasteiger partial charge is 0.305 e. The van der Waals surface area contributed by atoms with Gasteiger partial charge in [-0.15, -0.1) is 0 Å². The topological polar surface area (TPSA) is 26.3 Å². The maximum absolute atomic E-state index is 12.2. The van der Waals surface area contributed by atoms with Crippen molar-refractivity contribution in [2.24, 2.45) is 11.8 Å². The summed E-state index contributed by atoms with van der Waals surface area (Å²) in [5.74, 6) is 1.46. The van der Waals surface area contributed by atoms with E-state index < -0.39 is 0 Å². The fourth-order valence-corrected chi connectivity index (χ4v) is 4.37. The summed E-state index contributed by atoms with van der Waals surface area (Å²) in [6.45, 7) is 9.82. The number of carbonyl (C=O) groups excluding carboxylic acids is 1. The van der Waals surface area contributed by atoms with Crippen molar-refractivity contribution in [1.29, 1.82) is 0 Å². The van der Waals surface area contributed by atoms with Gasteiger partial charge in [-0.1, -0.05) is 137 Å². The van der Waals surface area contributed by atoms with Crippen molar-refractivity contribution in [3.63, 3.8) is 0 Å². The second-order valence-electron chi connectivity index (χ2n) is 10.4. The molecule has 0 saturated carbocycles. The van der Waals surface area contributed by atoms with Gasteiger partial charge >= 0.3 is 5.97 Å². The van der Waals surface area contributed by atoms with E-state index in [4.69, 9.17) is 4.74 Å². The van der Waals surface area contributed by atoms with Crippen molar-refractivity contribution in [1.82, 2.24) is 0 Å². The quantitative estimate of drug-likeness (QED) is 0.111. The van der Waals surface area contributed by atoms with Crippen LogP contribution < -0.4 is 0 Å². The number of carbonyl (C=O) groups is 1. The molecule has 0 amide bonds. The molecule has 0 aliphatic heterocycles. The average molecular weight is 439 g/mol. The summed E-state index contributed by atoms with van der Waals surface area (Å²) < 4.78 is 5.70. The number of rotatable bonds is 24. The van der Waals surface area contributed by atoms with E-state index in [0.717, 1.165) is 12.3 Å². The normalized spacial score (nSPS) is 12.4. The van der Waals surface area contributed by atoms with Crippen LogP contribution in [0.1, 0.15) is 163 Å². The van der Waals surface area contributed by atoms with E-state index >= 15 is 0 Å². The zero-order chi connectivity index (χ0) is 23.0. The number of unbranched alkanes of at least 4 members (excludes halogenated alkanes) is 14. The van der Waals surface area contributed by atoms with Crippen LogP contribution in [0.2, 0.25) is 0 Å². The van der Waals surface area contributed by atoms with Crippen LogP contribution in [0.3, 0.4) is 0 Å². The highest BCUT2D eigenvalue weighted by Gasteiger charge is 2.12. The minimum Gasteiger partial charge on any atom is -0.465 e. The van der Waals surface area contributed by atoms with Gasteiger partial charge in [-0.25, -0.2) is 0 Å². The Morgan fingerprint density at radius 2 is 1.00 bits per heavy atom. The molecule has 2 nitrogen and oxygen atoms in total. The van der Waals surface area contributed by atoms with Crippen molar-refractivity contribution < 1.29 is 9.53 Å². The molecule has 0 aliphatic carbocycles. The lowest BCUT2D eigenvalue weighted by Gasteiger charge is -2.17. The van der Waals surface area contributed by atoms with E-state index in [1.807, 2.05) is 0 Å². The lowest BCUT2D eigenvalue weighted by Crippen LogP contribution is -2.14. The van der Waals surface area contributed by atoms with Gasteiger partial charge in [-0.05, 0) is 31.1 Å². The van der Waals surface area contributed by atoms with E-state index in [0.29, 0.717) is 18.9 Å². The van der Waals surface area contributed by atoms with E-state index in [1.165, 1.54) is 122 Å². The summed E-state index contributed by atoms with van der Waals surface area (Å²) >= 11 is 0. The Hall–Kier alpha value is -0.530. The summed E-state index contributed by atoms with van der Waals surface area (Å²) in [6.07, 6.45) is 26.7. The highest BCUT2D eigenvalue weighted by molar-refractivity contribution is 5.69. The van der Waals surface area contributed by atoms with Gasteiger partial charge in [0.15, 0.2) is 0 Å². The number of hydrogen-bond acceptors (Lipinski definition) is 2. The summed E-state index contributed by atoms with van der Waals surface area (Å²) in [5, 5.41) is 0. The Labute approximate surface area is 196 Å². The lowest BCUT2D eigenvalue weighted by atomic mass is 9.95. The van der Waals surface area contributed by atoms with Gasteiger partial charge in [-0.2, -0.15) is 0 Å². The summed E-state index contributed by atoms with van der Waals surface area (Å²) in [5.41, 5.74) is 0. The predicted octanol–water partition coefficient (Wildman–Crippen LogP) is 10.0. The van der Waals surface area contributed by atoms with Crippen LogP contribution in [0, 0.1) is 11.8 Å². The molecule has 1 unspecified atom stereocenters. The molecule has 186 valence electrons. The Morgan fingerprint density at radius 1 is 0.581 bits per heavy atom. The molecule has 0 spiro atoms. The summed E-state index contributed by atoms with van der Waals surface area (Å²) in [4.78, 5) is 12.2. The fraction of sp³-hybridized carbons (Fsp3) is 0.966. The third-order valence-electron chi connectivity index (χ3n) is 6.57. The van der Waals surface area contributed by atoms with Gasteiger partial charge in [0.25, 0.3) is 0 Å². The largest absolute Gasteiger partial charge is 0.465 e. The third-order valence-corrected chi connectivity index (χ3v) is 6.57. The molecule has 0 radical (unpaired) electrons. The van der Waals surface area contributed by atoms with Crippen LogP contribution in [-0.2, 0) is 9.53 Å². The minimum atomic E-state index is 0.0402. The first-order valence-corrected chi connectivity index (χ1v) is 14.3. The molecule has 0 N–H and O–H groups in total. The van der Waals surface area contributed by atoms with Gasteiger partial charge in [0.1, 0.15) is 0 Å². The molecular formula is C29H58O2. The molecule has 2 heteroatoms. The van der Waals surface area contributed by atoms with E-state index in [2.05, 4.69) is 27.7 Å². The second kappa shape index (κ2) is 24.1. The maximum Gasteiger partial charge on any atom is 0.305 e. The van der Waals surface area contributed by atoms with Gasteiger partial charge < -0.3 is 4.74 Å². The number of ether oxygens (including phenoxy) is 1. The average Bonchev–Trinajstić information content (AvgIpc) is 2.75. The third kappa shape index (κ3) is 24.0. The van der Waals surface area contributed by atoms with E-state index in [9.17, 15) is 4.79 Å². The van der Waals surface area contributed by atoms with Crippen LogP contribution in [-0.4, -0.2) is 12.6 Å². The summed E-state index contributed by atoms with van der Waals surface area (Å²) in [6, 6.07) is 0. The van der Waals surface area contributed by atoms with Crippen molar-refractivity contribution >= 4 is 5.97 Å². The molecule has 0 fully saturated rings. The van der Waals surface area contributed by atoms with Crippen LogP contribution in [0.15, 0.2) is 0 Å². The van der Waals surface area contributed by atoms with Crippen molar-refractivity contribution in [3.05, 3.63) is 0 Å². The van der Waals surface area contributed by atoms with Crippen LogP contribution in [0.25, 0.3) is 0 Å². The predicted molar refractivity (Wildman–Crippen MR) is 138 cm³/mol. The molecular weight excluding hydrogens is 380 g/mol. The van der Waals surface area contributed by atoms with Crippen LogP contribution in [0.4, 0.5) is 0 Å². The number of esters is 1. The van der Waals surface area contributed by atoms with E-state index in [1.54, 1.807) is 0 Å². The zero-order valence-corrected chi connectivity index (χ0v) is 22.0. The highest BCUT2D eigenvalue weighted by Crippen LogP contribution is 2.20. The summed E-state index contributed by atoms with van der Waals surface area (Å²) in [7, 11) is 0. The molecule has 0 rings (SSSR count). The molecule has 0 saturated heterocycles. The van der Waals surface area contributed by atoms with Crippen molar-refractivity contribution in [2.45, 2.75) is 163 Å². The molecule has 0 aromatic heterocycles. The van der Waals surface area contributed by atoms with Crippen LogP contribution >= 0.6 is 0 Å². The Morgan fingerprint density at radius 3 is 1.52 bits per heavy atom. The molecule has 0 bridgehead atoms. The molecule has 0 aromatic rings. The maximum atomic E-state index is 12.2. The molecule has 1 atom stereocenters. The van der Waals surface area contributed by atoms with Crippen molar-refractivity contribution in [3.8, 4) is 0 Å². The van der Waals surface area contributed by atoms with E-state index in [-0.39, 0.29) is 5.97 Å². The van der Waals surface area contributed by atoms with Crippen LogP contribution in [0.5, 0.6) is 0 Å². The molecule has 0 aromatic carbocycles. The minimum absolute atomic E-state index is 0.0402. The van der Waals surface area contributed by atoms with Crippen molar-refractivity contribution in [2.75, 3.05) is 6.61 Å². The Bertz CT molecular complexity index is 364. The first kappa shape index (κ1) is 30.5. The second-order valence-corrected chi connectivity index (χ2v) is 10.4. The fourth-order valence-electron chi connectivity index (χ4n) is 4.37. The SMILES string of the molecule is CCCCCCCCC(CCCCCC)COC(=O)CCCCCCCCCC(C)C. The Balaban J connectivity index is 3.82. The van der Waals surface area contributed by atoms with Gasteiger partial charge in [0, 0.05) is 6.42 Å². The molecule has 31 heavy (non-hydrogen) atoms. The Kier molecular flexibility index (Phi) is 23.7. The molecule has 0 aliphatic rings. The number of hydrogen-bond donors (Lipinski definition) is 0. The zero-order valence-electron chi connectivity index (χ0n) is 22.0. The first-order valence-electron chi connectivity index (χ1n) is 14.3. The standard InChI is InChI=1S/C29H58O2/c1-5-7-9-11-16-20-24-28(23-19-10-8-6-2)26-31-29(30)25-21-17-14-12-13-15-18-22-27(3)4/h27-28H,5-26H2,1-4H3. The molecule has 0 heterocycles.